The van der Waals surface area contributed by atoms with Gasteiger partial charge in [0.15, 0.2) is 5.76 Å². The third kappa shape index (κ3) is 5.06. The van der Waals surface area contributed by atoms with Crippen molar-refractivity contribution in [3.8, 4) is 0 Å². The number of rotatable bonds is 7. The van der Waals surface area contributed by atoms with Crippen LogP contribution in [0.1, 0.15) is 39.5 Å². The molecule has 0 spiro atoms. The van der Waals surface area contributed by atoms with E-state index in [1.54, 1.807) is 35.2 Å². The molecule has 1 aliphatic rings. The zero-order chi connectivity index (χ0) is 21.8. The summed E-state index contributed by atoms with van der Waals surface area (Å²) < 4.78 is 5.31. The Hall–Kier alpha value is -2.06. The molecule has 4 rings (SSSR count). The number of benzene rings is 1. The highest BCUT2D eigenvalue weighted by molar-refractivity contribution is 7.98. The Morgan fingerprint density at radius 3 is 2.55 bits per heavy atom. The molecule has 1 unspecified atom stereocenters. The molecule has 1 fully saturated rings. The number of hydrogen-bond donors (Lipinski definition) is 1. The summed E-state index contributed by atoms with van der Waals surface area (Å²) in [6.45, 7) is 6.23. The van der Waals surface area contributed by atoms with Crippen LogP contribution >= 0.6 is 23.1 Å². The Bertz CT molecular complexity index is 991. The van der Waals surface area contributed by atoms with Crippen molar-refractivity contribution < 1.29 is 9.21 Å². The van der Waals surface area contributed by atoms with E-state index in [2.05, 4.69) is 65.7 Å². The fraction of sp³-hybridized carbons (Fsp3) is 0.375. The van der Waals surface area contributed by atoms with Crippen LogP contribution in [0.5, 0.6) is 0 Å². The van der Waals surface area contributed by atoms with Gasteiger partial charge in [-0.3, -0.25) is 9.69 Å². The largest absolute Gasteiger partial charge is 0.459 e. The molecule has 0 aliphatic carbocycles. The normalized spacial score (nSPS) is 16.4. The van der Waals surface area contributed by atoms with Crippen molar-refractivity contribution in [2.75, 3.05) is 44.8 Å². The molecular weight excluding hydrogens is 426 g/mol. The van der Waals surface area contributed by atoms with E-state index in [4.69, 9.17) is 4.42 Å². The lowest BCUT2D eigenvalue weighted by molar-refractivity contribution is 0.0996. The number of carbonyl (C=O) groups excluding carboxylic acids is 1. The number of aryl methyl sites for hydroxylation is 1. The van der Waals surface area contributed by atoms with Gasteiger partial charge in [0.2, 0.25) is 0 Å². The van der Waals surface area contributed by atoms with Crippen molar-refractivity contribution >= 4 is 34.0 Å². The first-order chi connectivity index (χ1) is 15.1. The van der Waals surface area contributed by atoms with Gasteiger partial charge in [-0.2, -0.15) is 0 Å². The van der Waals surface area contributed by atoms with Crippen LogP contribution in [-0.2, 0) is 6.42 Å². The maximum atomic E-state index is 12.8. The van der Waals surface area contributed by atoms with Crippen LogP contribution in [0.15, 0.2) is 58.0 Å². The van der Waals surface area contributed by atoms with E-state index in [1.165, 1.54) is 27.2 Å². The molecule has 0 saturated carbocycles. The minimum Gasteiger partial charge on any atom is -0.459 e. The van der Waals surface area contributed by atoms with Crippen molar-refractivity contribution in [3.05, 3.63) is 70.5 Å². The third-order valence-corrected chi connectivity index (χ3v) is 7.72. The molecule has 31 heavy (non-hydrogen) atoms. The SMILES string of the molecule is CCc1cc(C(c2ccc(SC)cc2)N2CCN(C)CC2)c(NC(=O)c2ccco2)s1. The van der Waals surface area contributed by atoms with E-state index >= 15 is 0 Å². The van der Waals surface area contributed by atoms with Gasteiger partial charge in [-0.05, 0) is 55.6 Å². The molecule has 1 N–H and O–H groups in total. The van der Waals surface area contributed by atoms with E-state index in [0.29, 0.717) is 5.76 Å². The molecule has 0 radical (unpaired) electrons. The average molecular weight is 456 g/mol. The molecule has 1 amide bonds. The fourth-order valence-corrected chi connectivity index (χ4v) is 5.39. The van der Waals surface area contributed by atoms with E-state index in [0.717, 1.165) is 37.6 Å². The summed E-state index contributed by atoms with van der Waals surface area (Å²) >= 11 is 3.42. The van der Waals surface area contributed by atoms with E-state index in [9.17, 15) is 4.79 Å². The second-order valence-electron chi connectivity index (χ2n) is 7.80. The zero-order valence-electron chi connectivity index (χ0n) is 18.3. The van der Waals surface area contributed by atoms with E-state index in [1.807, 2.05) is 0 Å². The summed E-state index contributed by atoms with van der Waals surface area (Å²) in [5.41, 5.74) is 2.43. The lowest BCUT2D eigenvalue weighted by Crippen LogP contribution is -2.46. The van der Waals surface area contributed by atoms with Gasteiger partial charge in [0.1, 0.15) is 5.00 Å². The number of thioether (sulfide) groups is 1. The van der Waals surface area contributed by atoms with Gasteiger partial charge in [0.25, 0.3) is 5.91 Å². The van der Waals surface area contributed by atoms with Gasteiger partial charge in [0.05, 0.1) is 12.3 Å². The highest BCUT2D eigenvalue weighted by atomic mass is 32.2. The Morgan fingerprint density at radius 1 is 1.19 bits per heavy atom. The lowest BCUT2D eigenvalue weighted by Gasteiger charge is -2.38. The van der Waals surface area contributed by atoms with Gasteiger partial charge >= 0.3 is 0 Å². The number of anilines is 1. The molecule has 1 aliphatic heterocycles. The van der Waals surface area contributed by atoms with Crippen LogP contribution in [0.25, 0.3) is 0 Å². The number of carbonyl (C=O) groups is 1. The highest BCUT2D eigenvalue weighted by Crippen LogP contribution is 2.40. The monoisotopic (exact) mass is 455 g/mol. The van der Waals surface area contributed by atoms with Gasteiger partial charge in [-0.25, -0.2) is 0 Å². The molecule has 7 heteroatoms. The lowest BCUT2D eigenvalue weighted by atomic mass is 9.97. The Morgan fingerprint density at radius 2 is 1.94 bits per heavy atom. The summed E-state index contributed by atoms with van der Waals surface area (Å²) in [4.78, 5) is 20.2. The number of amides is 1. The Labute approximate surface area is 192 Å². The standard InChI is InChI=1S/C24H29N3O2S2/c1-4-18-16-20(24(31-18)25-23(28)21-6-5-15-29-21)22(27-13-11-26(2)12-14-27)17-7-9-19(30-3)10-8-17/h5-10,15-16,22H,4,11-14H2,1-3H3,(H,25,28). The van der Waals surface area contributed by atoms with Crippen molar-refractivity contribution in [2.45, 2.75) is 24.3 Å². The quantitative estimate of drug-likeness (QED) is 0.495. The van der Waals surface area contributed by atoms with Crippen molar-refractivity contribution in [1.29, 1.82) is 0 Å². The molecule has 0 bridgehead atoms. The van der Waals surface area contributed by atoms with Gasteiger partial charge < -0.3 is 14.6 Å². The smallest absolute Gasteiger partial charge is 0.291 e. The van der Waals surface area contributed by atoms with Gasteiger partial charge in [0, 0.05) is 41.5 Å². The second kappa shape index (κ2) is 10.0. The summed E-state index contributed by atoms with van der Waals surface area (Å²) in [5, 5.41) is 4.05. The summed E-state index contributed by atoms with van der Waals surface area (Å²) in [6.07, 6.45) is 4.57. The van der Waals surface area contributed by atoms with Crippen LogP contribution in [0.3, 0.4) is 0 Å². The minimum absolute atomic E-state index is 0.105. The first kappa shape index (κ1) is 22.1. The highest BCUT2D eigenvalue weighted by Gasteiger charge is 2.29. The van der Waals surface area contributed by atoms with E-state index in [-0.39, 0.29) is 11.9 Å². The molecule has 164 valence electrons. The molecular formula is C24H29N3O2S2. The van der Waals surface area contributed by atoms with Crippen molar-refractivity contribution in [1.82, 2.24) is 9.80 Å². The predicted octanol–water partition coefficient (Wildman–Crippen LogP) is 5.21. The summed E-state index contributed by atoms with van der Waals surface area (Å²) in [6, 6.07) is 14.7. The number of thiophene rings is 1. The van der Waals surface area contributed by atoms with E-state index < -0.39 is 0 Å². The first-order valence-corrected chi connectivity index (χ1v) is 12.7. The van der Waals surface area contributed by atoms with Gasteiger partial charge in [-0.15, -0.1) is 23.1 Å². The molecule has 1 atom stereocenters. The maximum Gasteiger partial charge on any atom is 0.291 e. The minimum atomic E-state index is -0.203. The number of likely N-dealkylation sites (N-methyl/N-ethyl adjacent to an activating group) is 1. The first-order valence-electron chi connectivity index (χ1n) is 10.6. The van der Waals surface area contributed by atoms with Crippen molar-refractivity contribution in [2.24, 2.45) is 0 Å². The second-order valence-corrected chi connectivity index (χ2v) is 9.81. The van der Waals surface area contributed by atoms with Crippen molar-refractivity contribution in [3.63, 3.8) is 0 Å². The fourth-order valence-electron chi connectivity index (χ4n) is 3.96. The summed E-state index contributed by atoms with van der Waals surface area (Å²) in [5.74, 6) is 0.128. The zero-order valence-corrected chi connectivity index (χ0v) is 19.9. The van der Waals surface area contributed by atoms with Gasteiger partial charge in [-0.1, -0.05) is 19.1 Å². The Kier molecular flexibility index (Phi) is 7.17. The molecule has 2 aromatic heterocycles. The molecule has 3 heterocycles. The van der Waals surface area contributed by atoms with Crippen LogP contribution in [0.2, 0.25) is 0 Å². The number of nitrogens with one attached hydrogen (secondary N) is 1. The topological polar surface area (TPSA) is 48.7 Å². The summed E-state index contributed by atoms with van der Waals surface area (Å²) in [7, 11) is 2.18. The van der Waals surface area contributed by atoms with Crippen LogP contribution in [0.4, 0.5) is 5.00 Å². The number of nitrogens with zero attached hydrogens (tertiary/aromatic N) is 2. The Balaban J connectivity index is 1.72. The molecule has 1 saturated heterocycles. The van der Waals surface area contributed by atoms with Crippen LogP contribution in [-0.4, -0.2) is 55.2 Å². The molecule has 3 aromatic rings. The number of furan rings is 1. The molecule has 5 nitrogen and oxygen atoms in total. The number of piperazine rings is 1. The van der Waals surface area contributed by atoms with Crippen LogP contribution < -0.4 is 5.32 Å². The third-order valence-electron chi connectivity index (χ3n) is 5.76. The maximum absolute atomic E-state index is 12.8. The molecule has 1 aromatic carbocycles. The van der Waals surface area contributed by atoms with Crippen LogP contribution in [0, 0.1) is 0 Å². The average Bonchev–Trinajstić information content (AvgIpc) is 3.46. The number of hydrogen-bond acceptors (Lipinski definition) is 6. The predicted molar refractivity (Wildman–Crippen MR) is 129 cm³/mol.